The number of benzene rings is 3. The summed E-state index contributed by atoms with van der Waals surface area (Å²) in [6.45, 7) is 0. The van der Waals surface area contributed by atoms with Crippen molar-refractivity contribution < 1.29 is 13.2 Å². The SMILES string of the molecule is O=C(Nc1ccc(Br)cc1)c1cc(Br)ccc1NS(=O)(=O)C=Cc1ccccc1. The molecular weight excluding hydrogens is 520 g/mol. The Kier molecular flexibility index (Phi) is 6.89. The highest BCUT2D eigenvalue weighted by molar-refractivity contribution is 9.10. The van der Waals surface area contributed by atoms with Crippen LogP contribution in [0.3, 0.4) is 0 Å². The van der Waals surface area contributed by atoms with Gasteiger partial charge in [0.25, 0.3) is 15.9 Å². The van der Waals surface area contributed by atoms with Crippen LogP contribution in [0.5, 0.6) is 0 Å². The smallest absolute Gasteiger partial charge is 0.257 e. The molecule has 148 valence electrons. The van der Waals surface area contributed by atoms with Crippen LogP contribution >= 0.6 is 31.9 Å². The second-order valence-corrected chi connectivity index (χ2v) is 9.41. The summed E-state index contributed by atoms with van der Waals surface area (Å²) in [7, 11) is -3.81. The average molecular weight is 536 g/mol. The van der Waals surface area contributed by atoms with Gasteiger partial charge >= 0.3 is 0 Å². The molecule has 0 aliphatic carbocycles. The predicted molar refractivity (Wildman–Crippen MR) is 124 cm³/mol. The molecule has 3 aromatic carbocycles. The van der Waals surface area contributed by atoms with E-state index in [1.165, 1.54) is 12.1 Å². The third-order valence-corrected chi connectivity index (χ3v) is 5.84. The van der Waals surface area contributed by atoms with E-state index in [-0.39, 0.29) is 11.3 Å². The number of anilines is 2. The van der Waals surface area contributed by atoms with E-state index in [4.69, 9.17) is 0 Å². The molecule has 2 N–H and O–H groups in total. The van der Waals surface area contributed by atoms with Gasteiger partial charge in [-0.05, 0) is 54.1 Å². The summed E-state index contributed by atoms with van der Waals surface area (Å²) < 4.78 is 29.0. The minimum Gasteiger partial charge on any atom is -0.322 e. The van der Waals surface area contributed by atoms with E-state index in [1.54, 1.807) is 48.5 Å². The van der Waals surface area contributed by atoms with Gasteiger partial charge in [0.05, 0.1) is 16.7 Å². The lowest BCUT2D eigenvalue weighted by atomic mass is 10.1. The second kappa shape index (κ2) is 9.39. The van der Waals surface area contributed by atoms with Gasteiger partial charge in [0.2, 0.25) is 0 Å². The maximum Gasteiger partial charge on any atom is 0.257 e. The molecule has 3 aromatic rings. The van der Waals surface area contributed by atoms with Gasteiger partial charge in [-0.1, -0.05) is 62.2 Å². The van der Waals surface area contributed by atoms with E-state index in [0.717, 1.165) is 15.4 Å². The largest absolute Gasteiger partial charge is 0.322 e. The number of halogens is 2. The highest BCUT2D eigenvalue weighted by atomic mass is 79.9. The summed E-state index contributed by atoms with van der Waals surface area (Å²) in [4.78, 5) is 12.7. The molecule has 0 unspecified atom stereocenters. The van der Waals surface area contributed by atoms with Crippen LogP contribution in [0.25, 0.3) is 6.08 Å². The third-order valence-electron chi connectivity index (χ3n) is 3.82. The molecule has 1 amide bonds. The Hall–Kier alpha value is -2.42. The van der Waals surface area contributed by atoms with E-state index in [0.29, 0.717) is 10.2 Å². The zero-order chi connectivity index (χ0) is 20.9. The first-order chi connectivity index (χ1) is 13.8. The van der Waals surface area contributed by atoms with E-state index in [9.17, 15) is 13.2 Å². The zero-order valence-electron chi connectivity index (χ0n) is 15.0. The number of hydrogen-bond donors (Lipinski definition) is 2. The first kappa shape index (κ1) is 21.3. The van der Waals surface area contributed by atoms with E-state index in [1.807, 2.05) is 18.2 Å². The van der Waals surface area contributed by atoms with Crippen LogP contribution in [0.2, 0.25) is 0 Å². The summed E-state index contributed by atoms with van der Waals surface area (Å²) in [5.74, 6) is -0.432. The number of rotatable bonds is 6. The molecule has 0 fully saturated rings. The van der Waals surface area contributed by atoms with Gasteiger partial charge in [-0.3, -0.25) is 9.52 Å². The Morgan fingerprint density at radius 3 is 2.21 bits per heavy atom. The minimum atomic E-state index is -3.81. The molecule has 3 rings (SSSR count). The van der Waals surface area contributed by atoms with Gasteiger partial charge in [-0.2, -0.15) is 0 Å². The molecule has 0 heterocycles. The summed E-state index contributed by atoms with van der Waals surface area (Å²) in [5, 5.41) is 3.83. The molecule has 0 bridgehead atoms. The molecule has 0 radical (unpaired) electrons. The minimum absolute atomic E-state index is 0.181. The number of carbonyl (C=O) groups excluding carboxylic acids is 1. The van der Waals surface area contributed by atoms with Crippen molar-refractivity contribution >= 4 is 65.2 Å². The fourth-order valence-corrected chi connectivity index (χ4v) is 3.96. The summed E-state index contributed by atoms with van der Waals surface area (Å²) in [5.41, 5.74) is 1.72. The van der Waals surface area contributed by atoms with E-state index < -0.39 is 15.9 Å². The monoisotopic (exact) mass is 534 g/mol. The standard InChI is InChI=1S/C21H16Br2N2O3S/c22-16-6-9-18(10-7-16)24-21(26)19-14-17(23)8-11-20(19)25-29(27,28)13-12-15-4-2-1-3-5-15/h1-14,25H,(H,24,26). The predicted octanol–water partition coefficient (Wildman–Crippen LogP) is 5.88. The van der Waals surface area contributed by atoms with Gasteiger partial charge in [0, 0.05) is 14.6 Å². The molecule has 5 nitrogen and oxygen atoms in total. The lowest BCUT2D eigenvalue weighted by molar-refractivity contribution is 0.102. The third kappa shape index (κ3) is 6.28. The first-order valence-corrected chi connectivity index (χ1v) is 11.6. The lowest BCUT2D eigenvalue weighted by Crippen LogP contribution is -2.17. The molecule has 29 heavy (non-hydrogen) atoms. The molecule has 8 heteroatoms. The van der Waals surface area contributed by atoms with Crippen molar-refractivity contribution in [3.05, 3.63) is 98.3 Å². The van der Waals surface area contributed by atoms with Gasteiger partial charge in [-0.15, -0.1) is 0 Å². The number of amides is 1. The molecular formula is C21H16Br2N2O3S. The van der Waals surface area contributed by atoms with Crippen molar-refractivity contribution in [3.63, 3.8) is 0 Å². The fraction of sp³-hybridized carbons (Fsp3) is 0. The number of nitrogens with one attached hydrogen (secondary N) is 2. The van der Waals surface area contributed by atoms with Crippen molar-refractivity contribution in [3.8, 4) is 0 Å². The summed E-state index contributed by atoms with van der Waals surface area (Å²) >= 11 is 6.66. The van der Waals surface area contributed by atoms with Crippen LogP contribution in [0.15, 0.2) is 87.1 Å². The molecule has 0 aliphatic rings. The molecule has 0 aromatic heterocycles. The van der Waals surface area contributed by atoms with Crippen molar-refractivity contribution in [2.24, 2.45) is 0 Å². The maximum absolute atomic E-state index is 12.7. The number of carbonyl (C=O) groups is 1. The maximum atomic E-state index is 12.7. The van der Waals surface area contributed by atoms with Crippen LogP contribution in [0, 0.1) is 0 Å². The highest BCUT2D eigenvalue weighted by Gasteiger charge is 2.16. The number of sulfonamides is 1. The topological polar surface area (TPSA) is 75.3 Å². The Bertz CT molecular complexity index is 1150. The quantitative estimate of drug-likeness (QED) is 0.414. The fourth-order valence-electron chi connectivity index (χ4n) is 2.44. The Morgan fingerprint density at radius 2 is 1.52 bits per heavy atom. The van der Waals surface area contributed by atoms with Crippen LogP contribution in [0.4, 0.5) is 11.4 Å². The van der Waals surface area contributed by atoms with Crippen LogP contribution in [-0.2, 0) is 10.0 Å². The van der Waals surface area contributed by atoms with E-state index >= 15 is 0 Å². The summed E-state index contributed by atoms with van der Waals surface area (Å²) in [6.07, 6.45) is 1.49. The van der Waals surface area contributed by atoms with Crippen LogP contribution < -0.4 is 10.0 Å². The zero-order valence-corrected chi connectivity index (χ0v) is 19.0. The molecule has 0 atom stereocenters. The molecule has 0 aliphatic heterocycles. The molecule has 0 saturated heterocycles. The van der Waals surface area contributed by atoms with Crippen molar-refractivity contribution in [1.29, 1.82) is 0 Å². The highest BCUT2D eigenvalue weighted by Crippen LogP contribution is 2.24. The van der Waals surface area contributed by atoms with Gasteiger partial charge in [0.1, 0.15) is 0 Å². The summed E-state index contributed by atoms with van der Waals surface area (Å²) in [6, 6.07) is 20.9. The normalized spacial score (nSPS) is 11.4. The van der Waals surface area contributed by atoms with Crippen LogP contribution in [0.1, 0.15) is 15.9 Å². The van der Waals surface area contributed by atoms with Gasteiger partial charge < -0.3 is 5.32 Å². The Morgan fingerprint density at radius 1 is 0.862 bits per heavy atom. The second-order valence-electron chi connectivity index (χ2n) is 6.01. The van der Waals surface area contributed by atoms with Crippen molar-refractivity contribution in [1.82, 2.24) is 0 Å². The molecule has 0 spiro atoms. The lowest BCUT2D eigenvalue weighted by Gasteiger charge is -2.12. The van der Waals surface area contributed by atoms with Gasteiger partial charge in [0.15, 0.2) is 0 Å². The first-order valence-electron chi connectivity index (χ1n) is 8.45. The van der Waals surface area contributed by atoms with E-state index in [2.05, 4.69) is 41.9 Å². The Balaban J connectivity index is 1.83. The van der Waals surface area contributed by atoms with Crippen LogP contribution in [-0.4, -0.2) is 14.3 Å². The number of hydrogen-bond acceptors (Lipinski definition) is 3. The average Bonchev–Trinajstić information content (AvgIpc) is 2.70. The van der Waals surface area contributed by atoms with Gasteiger partial charge in [-0.25, -0.2) is 8.42 Å². The molecule has 0 saturated carbocycles. The van der Waals surface area contributed by atoms with Crippen molar-refractivity contribution in [2.75, 3.05) is 10.0 Å². The Labute approximate surface area is 186 Å². The van der Waals surface area contributed by atoms with Crippen molar-refractivity contribution in [2.45, 2.75) is 0 Å².